The first kappa shape index (κ1) is 17.4. The molecule has 2 N–H and O–H groups in total. The first-order valence-electron chi connectivity index (χ1n) is 8.37. The average molecular weight is 355 g/mol. The SMILES string of the molecule is CC(=O)NCc1ccc(-c2csc(NC(=O)[C@H]3CC=CCC3)n2)cc1. The summed E-state index contributed by atoms with van der Waals surface area (Å²) in [5.74, 6) is 0.0544. The van der Waals surface area contributed by atoms with E-state index in [9.17, 15) is 9.59 Å². The Bertz CT molecular complexity index is 780. The molecule has 1 aromatic carbocycles. The van der Waals surface area contributed by atoms with Crippen LogP contribution in [0.1, 0.15) is 31.7 Å². The van der Waals surface area contributed by atoms with E-state index in [0.29, 0.717) is 11.7 Å². The van der Waals surface area contributed by atoms with Gasteiger partial charge in [-0.2, -0.15) is 0 Å². The topological polar surface area (TPSA) is 71.1 Å². The highest BCUT2D eigenvalue weighted by molar-refractivity contribution is 7.14. The van der Waals surface area contributed by atoms with Crippen molar-refractivity contribution in [1.29, 1.82) is 0 Å². The van der Waals surface area contributed by atoms with Crippen LogP contribution in [-0.2, 0) is 16.1 Å². The van der Waals surface area contributed by atoms with Crippen molar-refractivity contribution in [1.82, 2.24) is 10.3 Å². The van der Waals surface area contributed by atoms with Gasteiger partial charge in [-0.05, 0) is 24.8 Å². The second-order valence-electron chi connectivity index (χ2n) is 6.12. The van der Waals surface area contributed by atoms with Gasteiger partial charge in [0.05, 0.1) is 5.69 Å². The molecule has 3 rings (SSSR count). The molecule has 1 atom stereocenters. The number of amides is 2. The third kappa shape index (κ3) is 4.76. The van der Waals surface area contributed by atoms with E-state index in [4.69, 9.17) is 0 Å². The number of anilines is 1. The average Bonchev–Trinajstić information content (AvgIpc) is 3.09. The van der Waals surface area contributed by atoms with Crippen LogP contribution in [0.15, 0.2) is 41.8 Å². The number of hydrogen-bond donors (Lipinski definition) is 2. The Labute approximate surface area is 151 Å². The van der Waals surface area contributed by atoms with Crippen molar-refractivity contribution in [2.24, 2.45) is 5.92 Å². The normalized spacial score (nSPS) is 16.4. The summed E-state index contributed by atoms with van der Waals surface area (Å²) in [7, 11) is 0. The first-order valence-corrected chi connectivity index (χ1v) is 9.25. The number of hydrogen-bond acceptors (Lipinski definition) is 4. The summed E-state index contributed by atoms with van der Waals surface area (Å²) < 4.78 is 0. The number of nitrogens with one attached hydrogen (secondary N) is 2. The van der Waals surface area contributed by atoms with Gasteiger partial charge < -0.3 is 10.6 Å². The lowest BCUT2D eigenvalue weighted by atomic mass is 9.94. The first-order chi connectivity index (χ1) is 12.1. The largest absolute Gasteiger partial charge is 0.352 e. The van der Waals surface area contributed by atoms with Crippen molar-refractivity contribution in [2.75, 3.05) is 5.32 Å². The third-order valence-corrected chi connectivity index (χ3v) is 4.92. The number of benzene rings is 1. The number of allylic oxidation sites excluding steroid dienone is 2. The van der Waals surface area contributed by atoms with Crippen LogP contribution in [0.25, 0.3) is 11.3 Å². The molecule has 1 heterocycles. The maximum absolute atomic E-state index is 12.3. The Morgan fingerprint density at radius 1 is 1.24 bits per heavy atom. The highest BCUT2D eigenvalue weighted by Gasteiger charge is 2.19. The Balaban J connectivity index is 1.61. The summed E-state index contributed by atoms with van der Waals surface area (Å²) in [6, 6.07) is 7.89. The molecule has 25 heavy (non-hydrogen) atoms. The molecule has 1 aliphatic carbocycles. The van der Waals surface area contributed by atoms with Crippen molar-refractivity contribution in [3.63, 3.8) is 0 Å². The Morgan fingerprint density at radius 2 is 2.04 bits per heavy atom. The molecular formula is C19H21N3O2S. The fourth-order valence-corrected chi connectivity index (χ4v) is 3.45. The Kier molecular flexibility index (Phi) is 5.60. The van der Waals surface area contributed by atoms with E-state index in [2.05, 4.69) is 27.8 Å². The maximum Gasteiger partial charge on any atom is 0.229 e. The van der Waals surface area contributed by atoms with Crippen LogP contribution in [0.3, 0.4) is 0 Å². The standard InChI is InChI=1S/C19H21N3O2S/c1-13(23)20-11-14-7-9-15(10-8-14)17-12-25-19(21-17)22-18(24)16-5-3-2-4-6-16/h2-3,7-10,12,16H,4-6,11H2,1H3,(H,20,23)(H,21,22,24)/t16-/m0/s1. The molecule has 0 bridgehead atoms. The van der Waals surface area contributed by atoms with Crippen molar-refractivity contribution in [3.8, 4) is 11.3 Å². The van der Waals surface area contributed by atoms with Gasteiger partial charge in [0, 0.05) is 30.3 Å². The zero-order valence-corrected chi connectivity index (χ0v) is 14.9. The van der Waals surface area contributed by atoms with Crippen LogP contribution in [-0.4, -0.2) is 16.8 Å². The molecule has 6 heteroatoms. The molecule has 130 valence electrons. The predicted octanol–water partition coefficient (Wildman–Crippen LogP) is 3.74. The van der Waals surface area contributed by atoms with Crippen LogP contribution in [0, 0.1) is 5.92 Å². The van der Waals surface area contributed by atoms with Crippen LogP contribution >= 0.6 is 11.3 Å². The number of aromatic nitrogens is 1. The van der Waals surface area contributed by atoms with E-state index in [-0.39, 0.29) is 17.7 Å². The number of thiazole rings is 1. The number of rotatable bonds is 5. The molecule has 2 amide bonds. The lowest BCUT2D eigenvalue weighted by Gasteiger charge is -2.15. The van der Waals surface area contributed by atoms with Gasteiger partial charge in [-0.1, -0.05) is 36.4 Å². The van der Waals surface area contributed by atoms with E-state index in [1.54, 1.807) is 0 Å². The van der Waals surface area contributed by atoms with Crippen LogP contribution in [0.4, 0.5) is 5.13 Å². The number of carbonyl (C=O) groups is 2. The van der Waals surface area contributed by atoms with Gasteiger partial charge >= 0.3 is 0 Å². The van der Waals surface area contributed by atoms with Gasteiger partial charge in [-0.3, -0.25) is 9.59 Å². The molecule has 5 nitrogen and oxygen atoms in total. The summed E-state index contributed by atoms with van der Waals surface area (Å²) in [6.07, 6.45) is 6.87. The van der Waals surface area contributed by atoms with E-state index in [1.165, 1.54) is 18.3 Å². The molecule has 0 saturated carbocycles. The highest BCUT2D eigenvalue weighted by atomic mass is 32.1. The van der Waals surface area contributed by atoms with Gasteiger partial charge in [0.25, 0.3) is 0 Å². The fourth-order valence-electron chi connectivity index (χ4n) is 2.72. The number of carbonyl (C=O) groups excluding carboxylic acids is 2. The van der Waals surface area contributed by atoms with Crippen LogP contribution < -0.4 is 10.6 Å². The lowest BCUT2D eigenvalue weighted by Crippen LogP contribution is -2.23. The van der Waals surface area contributed by atoms with E-state index in [1.807, 2.05) is 29.6 Å². The number of nitrogens with zero attached hydrogens (tertiary/aromatic N) is 1. The monoisotopic (exact) mass is 355 g/mol. The van der Waals surface area contributed by atoms with Gasteiger partial charge in [-0.25, -0.2) is 4.98 Å². The molecule has 0 spiro atoms. The Hall–Kier alpha value is -2.47. The molecule has 0 saturated heterocycles. The van der Waals surface area contributed by atoms with Gasteiger partial charge in [0.1, 0.15) is 0 Å². The Morgan fingerprint density at radius 3 is 2.72 bits per heavy atom. The van der Waals surface area contributed by atoms with Crippen molar-refractivity contribution >= 4 is 28.3 Å². The van der Waals surface area contributed by atoms with E-state index in [0.717, 1.165) is 36.1 Å². The summed E-state index contributed by atoms with van der Waals surface area (Å²) in [5.41, 5.74) is 2.87. The summed E-state index contributed by atoms with van der Waals surface area (Å²) in [6.45, 7) is 2.02. The summed E-state index contributed by atoms with van der Waals surface area (Å²) >= 11 is 1.44. The van der Waals surface area contributed by atoms with Gasteiger partial charge in [0.15, 0.2) is 5.13 Å². The second-order valence-corrected chi connectivity index (χ2v) is 6.97. The minimum atomic E-state index is -0.0441. The smallest absolute Gasteiger partial charge is 0.229 e. The van der Waals surface area contributed by atoms with E-state index < -0.39 is 0 Å². The molecule has 0 unspecified atom stereocenters. The van der Waals surface area contributed by atoms with Crippen LogP contribution in [0.2, 0.25) is 0 Å². The third-order valence-electron chi connectivity index (χ3n) is 4.17. The predicted molar refractivity (Wildman–Crippen MR) is 100 cm³/mol. The molecule has 1 aliphatic rings. The molecule has 0 aliphatic heterocycles. The molecule has 0 radical (unpaired) electrons. The zero-order chi connectivity index (χ0) is 17.6. The fraction of sp³-hybridized carbons (Fsp3) is 0.316. The minimum Gasteiger partial charge on any atom is -0.352 e. The van der Waals surface area contributed by atoms with Crippen molar-refractivity contribution in [3.05, 3.63) is 47.4 Å². The van der Waals surface area contributed by atoms with E-state index >= 15 is 0 Å². The molecule has 1 aromatic heterocycles. The lowest BCUT2D eigenvalue weighted by molar-refractivity contribution is -0.120. The van der Waals surface area contributed by atoms with Gasteiger partial charge in [-0.15, -0.1) is 11.3 Å². The second kappa shape index (κ2) is 8.07. The van der Waals surface area contributed by atoms with Crippen molar-refractivity contribution < 1.29 is 9.59 Å². The summed E-state index contributed by atoms with van der Waals surface area (Å²) in [4.78, 5) is 27.7. The molecule has 0 fully saturated rings. The zero-order valence-electron chi connectivity index (χ0n) is 14.1. The van der Waals surface area contributed by atoms with Crippen molar-refractivity contribution in [2.45, 2.75) is 32.7 Å². The van der Waals surface area contributed by atoms with Crippen LogP contribution in [0.5, 0.6) is 0 Å². The maximum atomic E-state index is 12.3. The minimum absolute atomic E-state index is 0.0441. The highest BCUT2D eigenvalue weighted by Crippen LogP contribution is 2.26. The molecular weight excluding hydrogens is 334 g/mol. The quantitative estimate of drug-likeness (QED) is 0.803. The summed E-state index contributed by atoms with van der Waals surface area (Å²) in [5, 5.41) is 8.29. The molecule has 2 aromatic rings. The van der Waals surface area contributed by atoms with Gasteiger partial charge in [0.2, 0.25) is 11.8 Å².